The van der Waals surface area contributed by atoms with Gasteiger partial charge >= 0.3 is 0 Å². The number of hydrogen-bond donors (Lipinski definition) is 1. The predicted octanol–water partition coefficient (Wildman–Crippen LogP) is 3.41. The molecule has 104 valence electrons. The van der Waals surface area contributed by atoms with Crippen LogP contribution in [-0.4, -0.2) is 30.6 Å². The van der Waals surface area contributed by atoms with Crippen LogP contribution in [0, 0.1) is 5.92 Å². The fraction of sp³-hybridized carbons (Fsp3) is 0.625. The minimum absolute atomic E-state index is 0.855. The summed E-state index contributed by atoms with van der Waals surface area (Å²) >= 11 is 3.58. The summed E-state index contributed by atoms with van der Waals surface area (Å²) in [6.45, 7) is 4.83. The summed E-state index contributed by atoms with van der Waals surface area (Å²) in [7, 11) is 0. The zero-order valence-corrected chi connectivity index (χ0v) is 13.0. The lowest BCUT2D eigenvalue weighted by molar-refractivity contribution is 0.190. The lowest BCUT2D eigenvalue weighted by Crippen LogP contribution is -2.37. The zero-order chi connectivity index (χ0) is 13.1. The number of rotatable bonds is 5. The highest BCUT2D eigenvalue weighted by Gasteiger charge is 2.30. The predicted molar refractivity (Wildman–Crippen MR) is 83.2 cm³/mol. The van der Waals surface area contributed by atoms with Crippen molar-refractivity contribution < 1.29 is 0 Å². The molecule has 2 nitrogen and oxygen atoms in total. The number of hydrogen-bond acceptors (Lipinski definition) is 2. The largest absolute Gasteiger partial charge is 0.317 e. The maximum absolute atomic E-state index is 3.58. The van der Waals surface area contributed by atoms with Gasteiger partial charge in [0, 0.05) is 23.6 Å². The first-order valence-corrected chi connectivity index (χ1v) is 8.30. The first-order chi connectivity index (χ1) is 9.31. The summed E-state index contributed by atoms with van der Waals surface area (Å²) in [6, 6.07) is 9.63. The van der Waals surface area contributed by atoms with Crippen LogP contribution in [-0.2, 0) is 6.54 Å². The Morgan fingerprint density at radius 3 is 2.63 bits per heavy atom. The van der Waals surface area contributed by atoms with Crippen molar-refractivity contribution in [3.05, 3.63) is 34.3 Å². The quantitative estimate of drug-likeness (QED) is 0.893. The van der Waals surface area contributed by atoms with E-state index in [0.29, 0.717) is 0 Å². The lowest BCUT2D eigenvalue weighted by atomic mass is 9.97. The van der Waals surface area contributed by atoms with E-state index in [9.17, 15) is 0 Å². The summed E-state index contributed by atoms with van der Waals surface area (Å²) < 4.78 is 1.20. The number of benzene rings is 1. The van der Waals surface area contributed by atoms with Gasteiger partial charge in [-0.1, -0.05) is 28.1 Å². The highest BCUT2D eigenvalue weighted by molar-refractivity contribution is 9.10. The van der Waals surface area contributed by atoms with Crippen LogP contribution < -0.4 is 5.32 Å². The van der Waals surface area contributed by atoms with Crippen molar-refractivity contribution in [2.75, 3.05) is 19.6 Å². The molecule has 0 spiro atoms. The van der Waals surface area contributed by atoms with Crippen LogP contribution in [0.3, 0.4) is 0 Å². The Morgan fingerprint density at radius 2 is 1.95 bits per heavy atom. The Kier molecular flexibility index (Phi) is 4.57. The molecule has 1 saturated carbocycles. The van der Waals surface area contributed by atoms with Gasteiger partial charge in [-0.2, -0.15) is 0 Å². The second-order valence-corrected chi connectivity index (χ2v) is 6.90. The van der Waals surface area contributed by atoms with Gasteiger partial charge in [0.2, 0.25) is 0 Å². The summed E-state index contributed by atoms with van der Waals surface area (Å²) in [5.74, 6) is 0.897. The SMILES string of the molecule is Brc1cccc(CN(CC2CCNCC2)C2CC2)c1. The Morgan fingerprint density at radius 1 is 1.16 bits per heavy atom. The van der Waals surface area contributed by atoms with E-state index in [1.54, 1.807) is 0 Å². The van der Waals surface area contributed by atoms with Crippen LogP contribution in [0.5, 0.6) is 0 Å². The van der Waals surface area contributed by atoms with Gasteiger partial charge < -0.3 is 5.32 Å². The van der Waals surface area contributed by atoms with Crippen molar-refractivity contribution in [3.63, 3.8) is 0 Å². The monoisotopic (exact) mass is 322 g/mol. The Balaban J connectivity index is 1.60. The van der Waals surface area contributed by atoms with Crippen molar-refractivity contribution >= 4 is 15.9 Å². The smallest absolute Gasteiger partial charge is 0.0237 e. The molecule has 2 aliphatic rings. The molecule has 1 aromatic rings. The van der Waals surface area contributed by atoms with Crippen LogP contribution in [0.4, 0.5) is 0 Å². The molecule has 0 amide bonds. The Hall–Kier alpha value is -0.380. The fourth-order valence-electron chi connectivity index (χ4n) is 3.05. The van der Waals surface area contributed by atoms with Crippen molar-refractivity contribution in [2.45, 2.75) is 38.3 Å². The molecule has 0 unspecified atom stereocenters. The molecule has 3 heteroatoms. The van der Waals surface area contributed by atoms with E-state index < -0.39 is 0 Å². The standard InChI is InChI=1S/C16H23BrN2/c17-15-3-1-2-14(10-15)12-19(16-4-5-16)11-13-6-8-18-9-7-13/h1-3,10,13,16,18H,4-9,11-12H2. The second-order valence-electron chi connectivity index (χ2n) is 5.98. The third-order valence-corrected chi connectivity index (χ3v) is 4.78. The molecule has 0 bridgehead atoms. The van der Waals surface area contributed by atoms with E-state index in [0.717, 1.165) is 18.5 Å². The molecule has 1 aromatic carbocycles. The molecule has 0 atom stereocenters. The van der Waals surface area contributed by atoms with Crippen molar-refractivity contribution in [1.82, 2.24) is 10.2 Å². The van der Waals surface area contributed by atoms with Gasteiger partial charge in [0.25, 0.3) is 0 Å². The van der Waals surface area contributed by atoms with Crippen molar-refractivity contribution in [3.8, 4) is 0 Å². The third kappa shape index (κ3) is 4.04. The first kappa shape index (κ1) is 13.6. The Labute approximate surface area is 124 Å². The Bertz CT molecular complexity index is 411. The van der Waals surface area contributed by atoms with Crippen LogP contribution in [0.2, 0.25) is 0 Å². The van der Waals surface area contributed by atoms with Gasteiger partial charge in [0.1, 0.15) is 0 Å². The minimum atomic E-state index is 0.855. The molecular formula is C16H23BrN2. The van der Waals surface area contributed by atoms with E-state index in [4.69, 9.17) is 0 Å². The summed E-state index contributed by atoms with van der Waals surface area (Å²) in [6.07, 6.45) is 5.50. The van der Waals surface area contributed by atoms with Crippen LogP contribution in [0.1, 0.15) is 31.2 Å². The number of nitrogens with zero attached hydrogens (tertiary/aromatic N) is 1. The molecule has 2 fully saturated rings. The minimum Gasteiger partial charge on any atom is -0.317 e. The molecule has 3 rings (SSSR count). The van der Waals surface area contributed by atoms with E-state index in [1.807, 2.05) is 0 Å². The molecule has 19 heavy (non-hydrogen) atoms. The van der Waals surface area contributed by atoms with E-state index in [2.05, 4.69) is 50.4 Å². The zero-order valence-electron chi connectivity index (χ0n) is 11.4. The summed E-state index contributed by atoms with van der Waals surface area (Å²) in [4.78, 5) is 2.72. The average molecular weight is 323 g/mol. The molecule has 1 aliphatic heterocycles. The number of halogens is 1. The van der Waals surface area contributed by atoms with Crippen molar-refractivity contribution in [1.29, 1.82) is 0 Å². The molecule has 0 radical (unpaired) electrons. The highest BCUT2D eigenvalue weighted by atomic mass is 79.9. The molecular weight excluding hydrogens is 300 g/mol. The summed E-state index contributed by atoms with van der Waals surface area (Å²) in [5.41, 5.74) is 1.44. The molecule has 1 saturated heterocycles. The van der Waals surface area contributed by atoms with Gasteiger partial charge in [-0.05, 0) is 62.4 Å². The van der Waals surface area contributed by atoms with Gasteiger partial charge in [0.05, 0.1) is 0 Å². The first-order valence-electron chi connectivity index (χ1n) is 7.50. The lowest BCUT2D eigenvalue weighted by Gasteiger charge is -2.30. The van der Waals surface area contributed by atoms with Gasteiger partial charge in [-0.15, -0.1) is 0 Å². The van der Waals surface area contributed by atoms with Gasteiger partial charge in [-0.25, -0.2) is 0 Å². The maximum atomic E-state index is 3.58. The normalized spacial score (nSPS) is 20.9. The molecule has 1 N–H and O–H groups in total. The van der Waals surface area contributed by atoms with Gasteiger partial charge in [0.15, 0.2) is 0 Å². The average Bonchev–Trinajstić information content (AvgIpc) is 3.23. The van der Waals surface area contributed by atoms with Gasteiger partial charge in [-0.3, -0.25) is 4.90 Å². The number of nitrogens with one attached hydrogen (secondary N) is 1. The second kappa shape index (κ2) is 6.38. The molecule has 1 aliphatic carbocycles. The number of piperidine rings is 1. The van der Waals surface area contributed by atoms with E-state index in [-0.39, 0.29) is 0 Å². The fourth-order valence-corrected chi connectivity index (χ4v) is 3.49. The highest BCUT2D eigenvalue weighted by Crippen LogP contribution is 2.30. The van der Waals surface area contributed by atoms with Crippen molar-refractivity contribution in [2.24, 2.45) is 5.92 Å². The van der Waals surface area contributed by atoms with E-state index >= 15 is 0 Å². The molecule has 1 heterocycles. The third-order valence-electron chi connectivity index (χ3n) is 4.29. The topological polar surface area (TPSA) is 15.3 Å². The summed E-state index contributed by atoms with van der Waals surface area (Å²) in [5, 5.41) is 3.47. The maximum Gasteiger partial charge on any atom is 0.0237 e. The van der Waals surface area contributed by atoms with Crippen LogP contribution >= 0.6 is 15.9 Å². The molecule has 0 aromatic heterocycles. The van der Waals surface area contributed by atoms with Crippen LogP contribution in [0.25, 0.3) is 0 Å². The van der Waals surface area contributed by atoms with Crippen LogP contribution in [0.15, 0.2) is 28.7 Å². The van der Waals surface area contributed by atoms with E-state index in [1.165, 1.54) is 55.4 Å².